The number of amides is 1. The minimum atomic E-state index is -1.34. The molecule has 21 heavy (non-hydrogen) atoms. The van der Waals surface area contributed by atoms with Gasteiger partial charge in [-0.25, -0.2) is 9.59 Å². The van der Waals surface area contributed by atoms with Gasteiger partial charge in [0.2, 0.25) is 5.91 Å². The van der Waals surface area contributed by atoms with Crippen LogP contribution in [0.1, 0.15) is 22.3 Å². The van der Waals surface area contributed by atoms with E-state index in [0.29, 0.717) is 22.4 Å². The fourth-order valence-corrected chi connectivity index (χ4v) is 2.20. The number of nitrogens with one attached hydrogen (secondary N) is 1. The minimum absolute atomic E-state index is 0.196. The van der Waals surface area contributed by atoms with Crippen molar-refractivity contribution in [2.75, 3.05) is 11.1 Å². The van der Waals surface area contributed by atoms with Crippen LogP contribution in [0.4, 0.5) is 5.69 Å². The molecule has 0 aliphatic rings. The molecule has 0 spiro atoms. The van der Waals surface area contributed by atoms with E-state index in [-0.39, 0.29) is 17.9 Å². The number of hydrogen-bond acceptors (Lipinski definition) is 5. The van der Waals surface area contributed by atoms with Crippen molar-refractivity contribution in [1.29, 1.82) is 0 Å². The fraction of sp³-hybridized carbons (Fsp3) is 0.214. The minimum Gasteiger partial charge on any atom is -0.477 e. The van der Waals surface area contributed by atoms with Gasteiger partial charge in [0.15, 0.2) is 0 Å². The molecule has 2 N–H and O–H groups in total. The van der Waals surface area contributed by atoms with Crippen LogP contribution in [-0.2, 0) is 4.79 Å². The Kier molecular flexibility index (Phi) is 4.32. The number of carboxylic acids is 1. The molecular formula is C14H13NO5S. The van der Waals surface area contributed by atoms with Crippen LogP contribution < -0.4 is 10.9 Å². The van der Waals surface area contributed by atoms with Crippen molar-refractivity contribution in [2.45, 2.75) is 13.3 Å². The van der Waals surface area contributed by atoms with Crippen LogP contribution in [0.5, 0.6) is 0 Å². The van der Waals surface area contributed by atoms with Gasteiger partial charge in [-0.15, -0.1) is 0 Å². The third-order valence-electron chi connectivity index (χ3n) is 3.00. The smallest absolute Gasteiger partial charge is 0.351 e. The van der Waals surface area contributed by atoms with E-state index < -0.39 is 17.2 Å². The highest BCUT2D eigenvalue weighted by molar-refractivity contribution is 7.80. The standard InChI is InChI=1S/C14H13NO5S/c1-7-9-6-8(15-11(16)4-5-21)2-3-10(9)20-14(19)12(7)13(17)18/h2-3,6,21H,4-5H2,1H3,(H,15,16)(H,17,18). The largest absolute Gasteiger partial charge is 0.477 e. The molecule has 2 aromatic rings. The van der Waals surface area contributed by atoms with Crippen molar-refractivity contribution in [3.05, 3.63) is 39.7 Å². The molecule has 2 rings (SSSR count). The molecule has 0 radical (unpaired) electrons. The lowest BCUT2D eigenvalue weighted by molar-refractivity contribution is -0.115. The zero-order valence-corrected chi connectivity index (χ0v) is 12.1. The number of carboxylic acid groups (broad SMARTS) is 1. The van der Waals surface area contributed by atoms with Crippen molar-refractivity contribution >= 4 is 41.2 Å². The van der Waals surface area contributed by atoms with Crippen LogP contribution in [0.15, 0.2) is 27.4 Å². The predicted octanol–water partition coefficient (Wildman–Crippen LogP) is 2.06. The van der Waals surface area contributed by atoms with Crippen LogP contribution >= 0.6 is 12.6 Å². The van der Waals surface area contributed by atoms with Gasteiger partial charge >= 0.3 is 11.6 Å². The number of fused-ring (bicyclic) bond motifs is 1. The SMILES string of the molecule is Cc1c(C(=O)O)c(=O)oc2ccc(NC(=O)CCS)cc12. The Labute approximate surface area is 125 Å². The second-order valence-electron chi connectivity index (χ2n) is 4.43. The van der Waals surface area contributed by atoms with E-state index in [2.05, 4.69) is 17.9 Å². The topological polar surface area (TPSA) is 96.6 Å². The summed E-state index contributed by atoms with van der Waals surface area (Å²) in [6, 6.07) is 4.68. The molecular weight excluding hydrogens is 294 g/mol. The van der Waals surface area contributed by atoms with Crippen molar-refractivity contribution < 1.29 is 19.1 Å². The molecule has 6 nitrogen and oxygen atoms in total. The molecule has 0 bridgehead atoms. The van der Waals surface area contributed by atoms with Gasteiger partial charge < -0.3 is 14.8 Å². The van der Waals surface area contributed by atoms with Crippen molar-refractivity contribution in [3.8, 4) is 0 Å². The molecule has 1 amide bonds. The van der Waals surface area contributed by atoms with E-state index in [1.54, 1.807) is 12.1 Å². The highest BCUT2D eigenvalue weighted by atomic mass is 32.1. The first-order chi connectivity index (χ1) is 9.93. The molecule has 0 aliphatic carbocycles. The van der Waals surface area contributed by atoms with Crippen LogP contribution in [0.25, 0.3) is 11.0 Å². The Hall–Kier alpha value is -2.28. The maximum Gasteiger partial charge on any atom is 0.351 e. The molecule has 0 saturated carbocycles. The summed E-state index contributed by atoms with van der Waals surface area (Å²) in [5.74, 6) is -1.11. The van der Waals surface area contributed by atoms with E-state index in [9.17, 15) is 14.4 Å². The number of anilines is 1. The quantitative estimate of drug-likeness (QED) is 0.593. The highest BCUT2D eigenvalue weighted by Crippen LogP contribution is 2.23. The van der Waals surface area contributed by atoms with Crippen LogP contribution in [0, 0.1) is 6.92 Å². The second kappa shape index (κ2) is 6.01. The molecule has 0 unspecified atom stereocenters. The molecule has 7 heteroatoms. The first-order valence-electron chi connectivity index (χ1n) is 6.15. The molecule has 0 saturated heterocycles. The van der Waals surface area contributed by atoms with Crippen molar-refractivity contribution in [3.63, 3.8) is 0 Å². The number of aryl methyl sites for hydroxylation is 1. The Bertz CT molecular complexity index is 781. The maximum absolute atomic E-state index is 11.6. The fourth-order valence-electron chi connectivity index (χ4n) is 2.00. The van der Waals surface area contributed by atoms with Gasteiger partial charge in [-0.05, 0) is 36.4 Å². The maximum atomic E-state index is 11.6. The Morgan fingerprint density at radius 3 is 2.71 bits per heavy atom. The zero-order chi connectivity index (χ0) is 15.6. The summed E-state index contributed by atoms with van der Waals surface area (Å²) in [5.41, 5.74) is -0.211. The van der Waals surface area contributed by atoms with E-state index in [4.69, 9.17) is 9.52 Å². The van der Waals surface area contributed by atoms with Gasteiger partial charge in [0, 0.05) is 17.5 Å². The molecule has 1 heterocycles. The third-order valence-corrected chi connectivity index (χ3v) is 3.23. The van der Waals surface area contributed by atoms with E-state index in [1.165, 1.54) is 13.0 Å². The lowest BCUT2D eigenvalue weighted by Crippen LogP contribution is -2.16. The number of aromatic carboxylic acids is 1. The van der Waals surface area contributed by atoms with Crippen molar-refractivity contribution in [2.24, 2.45) is 0 Å². The molecule has 0 fully saturated rings. The Morgan fingerprint density at radius 1 is 1.38 bits per heavy atom. The average molecular weight is 307 g/mol. The van der Waals surface area contributed by atoms with E-state index in [0.717, 1.165) is 0 Å². The summed E-state index contributed by atoms with van der Waals surface area (Å²) < 4.78 is 4.98. The molecule has 1 aromatic carbocycles. The van der Waals surface area contributed by atoms with Crippen LogP contribution in [-0.4, -0.2) is 22.7 Å². The second-order valence-corrected chi connectivity index (χ2v) is 4.87. The summed E-state index contributed by atoms with van der Waals surface area (Å²) in [4.78, 5) is 34.2. The number of rotatable bonds is 4. The summed E-state index contributed by atoms with van der Waals surface area (Å²) in [6.45, 7) is 1.53. The van der Waals surface area contributed by atoms with Crippen LogP contribution in [0.3, 0.4) is 0 Å². The first-order valence-corrected chi connectivity index (χ1v) is 6.78. The normalized spacial score (nSPS) is 10.6. The van der Waals surface area contributed by atoms with Crippen molar-refractivity contribution in [1.82, 2.24) is 0 Å². The molecule has 1 aromatic heterocycles. The summed E-state index contributed by atoms with van der Waals surface area (Å²) >= 11 is 3.97. The summed E-state index contributed by atoms with van der Waals surface area (Å²) in [7, 11) is 0. The molecule has 0 atom stereocenters. The number of hydrogen-bond donors (Lipinski definition) is 3. The molecule has 0 aliphatic heterocycles. The number of thiol groups is 1. The number of carbonyl (C=O) groups excluding carboxylic acids is 1. The van der Waals surface area contributed by atoms with E-state index in [1.807, 2.05) is 0 Å². The van der Waals surface area contributed by atoms with Crippen LogP contribution in [0.2, 0.25) is 0 Å². The summed E-state index contributed by atoms with van der Waals surface area (Å²) in [5, 5.41) is 12.2. The van der Waals surface area contributed by atoms with Gasteiger partial charge in [-0.2, -0.15) is 12.6 Å². The molecule has 110 valence electrons. The monoisotopic (exact) mass is 307 g/mol. The number of benzene rings is 1. The zero-order valence-electron chi connectivity index (χ0n) is 11.2. The first kappa shape index (κ1) is 15.1. The Balaban J connectivity index is 2.54. The van der Waals surface area contributed by atoms with Gasteiger partial charge in [-0.1, -0.05) is 0 Å². The lowest BCUT2D eigenvalue weighted by Gasteiger charge is -2.08. The lowest BCUT2D eigenvalue weighted by atomic mass is 10.1. The van der Waals surface area contributed by atoms with Gasteiger partial charge in [0.25, 0.3) is 0 Å². The van der Waals surface area contributed by atoms with Gasteiger partial charge in [0.1, 0.15) is 11.1 Å². The average Bonchev–Trinajstić information content (AvgIpc) is 2.39. The van der Waals surface area contributed by atoms with Gasteiger partial charge in [0.05, 0.1) is 0 Å². The Morgan fingerprint density at radius 2 is 2.10 bits per heavy atom. The number of carbonyl (C=O) groups is 2. The highest BCUT2D eigenvalue weighted by Gasteiger charge is 2.17. The van der Waals surface area contributed by atoms with E-state index >= 15 is 0 Å². The third kappa shape index (κ3) is 3.08. The predicted molar refractivity (Wildman–Crippen MR) is 81.3 cm³/mol. The summed E-state index contributed by atoms with van der Waals surface area (Å²) in [6.07, 6.45) is 0.268. The van der Waals surface area contributed by atoms with Gasteiger partial charge in [-0.3, -0.25) is 4.79 Å².